The minimum Gasteiger partial charge on any atom is -0.491 e. The Morgan fingerprint density at radius 2 is 1.84 bits per heavy atom. The molecule has 0 spiro atoms. The van der Waals surface area contributed by atoms with Crippen molar-refractivity contribution in [2.45, 2.75) is 33.7 Å². The molecule has 0 fully saturated rings. The van der Waals surface area contributed by atoms with E-state index in [2.05, 4.69) is 11.4 Å². The lowest BCUT2D eigenvalue weighted by Gasteiger charge is -2.17. The van der Waals surface area contributed by atoms with Crippen LogP contribution < -0.4 is 10.1 Å². The van der Waals surface area contributed by atoms with Gasteiger partial charge in [-0.2, -0.15) is 0 Å². The van der Waals surface area contributed by atoms with Crippen molar-refractivity contribution >= 4 is 5.97 Å². The third-order valence-corrected chi connectivity index (χ3v) is 2.63. The van der Waals surface area contributed by atoms with E-state index in [1.807, 2.05) is 32.9 Å². The van der Waals surface area contributed by atoms with Crippen molar-refractivity contribution in [1.82, 2.24) is 5.32 Å². The largest absolute Gasteiger partial charge is 0.491 e. The highest BCUT2D eigenvalue weighted by molar-refractivity contribution is 5.76. The Hall–Kier alpha value is -1.55. The topological polar surface area (TPSA) is 47.6 Å². The van der Waals surface area contributed by atoms with Gasteiger partial charge in [0.05, 0.1) is 6.61 Å². The van der Waals surface area contributed by atoms with Gasteiger partial charge in [0, 0.05) is 0 Å². The highest BCUT2D eigenvalue weighted by Crippen LogP contribution is 2.16. The maximum absolute atomic E-state index is 11.7. The van der Waals surface area contributed by atoms with Gasteiger partial charge in [0.25, 0.3) is 0 Å². The zero-order valence-corrected chi connectivity index (χ0v) is 12.2. The van der Waals surface area contributed by atoms with Crippen LogP contribution in [0.2, 0.25) is 0 Å². The number of rotatable bonds is 7. The molecule has 0 aliphatic carbocycles. The van der Waals surface area contributed by atoms with Gasteiger partial charge in [-0.1, -0.05) is 13.0 Å². The molecule has 1 aromatic rings. The van der Waals surface area contributed by atoms with Gasteiger partial charge in [-0.3, -0.25) is 4.79 Å². The quantitative estimate of drug-likeness (QED) is 0.768. The molecule has 1 unspecified atom stereocenters. The van der Waals surface area contributed by atoms with E-state index >= 15 is 0 Å². The van der Waals surface area contributed by atoms with Crippen molar-refractivity contribution in [3.8, 4) is 5.75 Å². The summed E-state index contributed by atoms with van der Waals surface area (Å²) in [4.78, 5) is 11.7. The predicted molar refractivity (Wildman–Crippen MR) is 75.5 cm³/mol. The lowest BCUT2D eigenvalue weighted by molar-refractivity contribution is -0.146. The number of esters is 1. The number of carbonyl (C=O) groups excluding carboxylic acids is 1. The van der Waals surface area contributed by atoms with Gasteiger partial charge >= 0.3 is 5.97 Å². The SMILES string of the molecule is CCNC(COc1cc(C)cc(C)c1)C(=O)OCC. The van der Waals surface area contributed by atoms with Crippen LogP contribution in [0.25, 0.3) is 0 Å². The van der Waals surface area contributed by atoms with Crippen molar-refractivity contribution in [1.29, 1.82) is 0 Å². The number of ether oxygens (including phenoxy) is 2. The molecule has 0 saturated carbocycles. The van der Waals surface area contributed by atoms with Gasteiger partial charge in [-0.15, -0.1) is 0 Å². The predicted octanol–water partition coefficient (Wildman–Crippen LogP) is 2.22. The third kappa shape index (κ3) is 5.30. The van der Waals surface area contributed by atoms with Crippen molar-refractivity contribution < 1.29 is 14.3 Å². The van der Waals surface area contributed by atoms with Crippen LogP contribution in [-0.2, 0) is 9.53 Å². The first-order valence-corrected chi connectivity index (χ1v) is 6.68. The smallest absolute Gasteiger partial charge is 0.326 e. The zero-order chi connectivity index (χ0) is 14.3. The highest BCUT2D eigenvalue weighted by Gasteiger charge is 2.19. The Bertz CT molecular complexity index is 398. The van der Waals surface area contributed by atoms with E-state index in [1.165, 1.54) is 0 Å². The monoisotopic (exact) mass is 265 g/mol. The van der Waals surface area contributed by atoms with Crippen LogP contribution in [-0.4, -0.2) is 31.8 Å². The number of benzene rings is 1. The molecule has 4 nitrogen and oxygen atoms in total. The van der Waals surface area contributed by atoms with Crippen LogP contribution in [0.4, 0.5) is 0 Å². The first-order valence-electron chi connectivity index (χ1n) is 6.68. The van der Waals surface area contributed by atoms with Gasteiger partial charge in [-0.05, 0) is 50.6 Å². The molecule has 1 N–H and O–H groups in total. The van der Waals surface area contributed by atoms with Crippen LogP contribution in [0, 0.1) is 13.8 Å². The molecule has 4 heteroatoms. The Balaban J connectivity index is 2.62. The molecule has 106 valence electrons. The van der Waals surface area contributed by atoms with E-state index in [0.717, 1.165) is 16.9 Å². The van der Waals surface area contributed by atoms with E-state index in [0.29, 0.717) is 13.2 Å². The Morgan fingerprint density at radius 3 is 2.37 bits per heavy atom. The van der Waals surface area contributed by atoms with Crippen LogP contribution in [0.1, 0.15) is 25.0 Å². The fraction of sp³-hybridized carbons (Fsp3) is 0.533. The number of likely N-dealkylation sites (N-methyl/N-ethyl adjacent to an activating group) is 1. The molecule has 1 rings (SSSR count). The minimum atomic E-state index is -0.425. The number of hydrogen-bond donors (Lipinski definition) is 1. The molecule has 0 bridgehead atoms. The van der Waals surface area contributed by atoms with Crippen LogP contribution in [0.5, 0.6) is 5.75 Å². The fourth-order valence-corrected chi connectivity index (χ4v) is 1.90. The van der Waals surface area contributed by atoms with E-state index in [4.69, 9.17) is 9.47 Å². The first-order chi connectivity index (χ1) is 9.06. The summed E-state index contributed by atoms with van der Waals surface area (Å²) in [7, 11) is 0. The Labute approximate surface area is 115 Å². The standard InChI is InChI=1S/C15H23NO3/c1-5-16-14(15(17)18-6-2)10-19-13-8-11(3)7-12(4)9-13/h7-9,14,16H,5-6,10H2,1-4H3. The van der Waals surface area contributed by atoms with E-state index in [-0.39, 0.29) is 12.6 Å². The zero-order valence-electron chi connectivity index (χ0n) is 12.2. The summed E-state index contributed by atoms with van der Waals surface area (Å²) >= 11 is 0. The number of aryl methyl sites for hydroxylation is 2. The van der Waals surface area contributed by atoms with Crippen molar-refractivity contribution in [2.75, 3.05) is 19.8 Å². The molecule has 0 aromatic heterocycles. The van der Waals surface area contributed by atoms with E-state index in [1.54, 1.807) is 6.92 Å². The van der Waals surface area contributed by atoms with Crippen LogP contribution in [0.3, 0.4) is 0 Å². The summed E-state index contributed by atoms with van der Waals surface area (Å²) in [5.41, 5.74) is 2.29. The molecular formula is C15H23NO3. The summed E-state index contributed by atoms with van der Waals surface area (Å²) in [6, 6.07) is 5.58. The van der Waals surface area contributed by atoms with Gasteiger partial charge in [0.1, 0.15) is 18.4 Å². The summed E-state index contributed by atoms with van der Waals surface area (Å²) in [6.07, 6.45) is 0. The maximum Gasteiger partial charge on any atom is 0.326 e. The number of nitrogens with one attached hydrogen (secondary N) is 1. The second-order valence-electron chi connectivity index (χ2n) is 4.50. The van der Waals surface area contributed by atoms with E-state index in [9.17, 15) is 4.79 Å². The molecule has 0 radical (unpaired) electrons. The average molecular weight is 265 g/mol. The second-order valence-corrected chi connectivity index (χ2v) is 4.50. The first kappa shape index (κ1) is 15.5. The highest BCUT2D eigenvalue weighted by atomic mass is 16.5. The molecule has 0 aliphatic rings. The van der Waals surface area contributed by atoms with Crippen molar-refractivity contribution in [3.63, 3.8) is 0 Å². The maximum atomic E-state index is 11.7. The molecule has 0 heterocycles. The van der Waals surface area contributed by atoms with Crippen molar-refractivity contribution in [2.24, 2.45) is 0 Å². The van der Waals surface area contributed by atoms with Crippen molar-refractivity contribution in [3.05, 3.63) is 29.3 Å². The van der Waals surface area contributed by atoms with Gasteiger partial charge in [-0.25, -0.2) is 0 Å². The third-order valence-electron chi connectivity index (χ3n) is 2.63. The minimum absolute atomic E-state index is 0.270. The molecule has 1 aromatic carbocycles. The molecule has 1 atom stereocenters. The van der Waals surface area contributed by atoms with E-state index < -0.39 is 6.04 Å². The Morgan fingerprint density at radius 1 is 1.21 bits per heavy atom. The van der Waals surface area contributed by atoms with Crippen LogP contribution in [0.15, 0.2) is 18.2 Å². The lowest BCUT2D eigenvalue weighted by Crippen LogP contribution is -2.42. The van der Waals surface area contributed by atoms with Gasteiger partial charge < -0.3 is 14.8 Å². The molecule has 0 amide bonds. The number of hydrogen-bond acceptors (Lipinski definition) is 4. The second kappa shape index (κ2) is 7.79. The summed E-state index contributed by atoms with van der Waals surface area (Å²) in [6.45, 7) is 9.13. The summed E-state index contributed by atoms with van der Waals surface area (Å²) in [5.74, 6) is 0.512. The molecule has 19 heavy (non-hydrogen) atoms. The fourth-order valence-electron chi connectivity index (χ4n) is 1.90. The lowest BCUT2D eigenvalue weighted by atomic mass is 10.1. The summed E-state index contributed by atoms with van der Waals surface area (Å²) in [5, 5.41) is 3.07. The van der Waals surface area contributed by atoms with Crippen LogP contribution >= 0.6 is 0 Å². The van der Waals surface area contributed by atoms with Gasteiger partial charge in [0.2, 0.25) is 0 Å². The molecule has 0 aliphatic heterocycles. The Kier molecular flexibility index (Phi) is 6.36. The molecule has 0 saturated heterocycles. The average Bonchev–Trinajstić information content (AvgIpc) is 2.33. The normalized spacial score (nSPS) is 12.0. The number of carbonyl (C=O) groups is 1. The summed E-state index contributed by atoms with van der Waals surface area (Å²) < 4.78 is 10.7. The molecular weight excluding hydrogens is 242 g/mol. The van der Waals surface area contributed by atoms with Gasteiger partial charge in [0.15, 0.2) is 0 Å².